The average Bonchev–Trinajstić information content (AvgIpc) is 2.91. The SMILES string of the molecule is CCCCCCCCCCCC(=O)NCCCC[C@H](NC(=O)CCCCCCCCCCN(C)C)C(=O)OC. The van der Waals surface area contributed by atoms with Gasteiger partial charge in [-0.05, 0) is 59.2 Å². The number of carbonyl (C=O) groups excluding carboxylic acids is 3. The van der Waals surface area contributed by atoms with Crippen molar-refractivity contribution in [1.29, 1.82) is 0 Å². The lowest BCUT2D eigenvalue weighted by Crippen LogP contribution is -2.41. The van der Waals surface area contributed by atoms with Crippen molar-refractivity contribution in [3.63, 3.8) is 0 Å². The molecule has 0 aromatic carbocycles. The van der Waals surface area contributed by atoms with Gasteiger partial charge in [0, 0.05) is 19.4 Å². The fourth-order valence-electron chi connectivity index (χ4n) is 4.82. The van der Waals surface area contributed by atoms with Crippen molar-refractivity contribution >= 4 is 17.8 Å². The number of rotatable bonds is 28. The molecule has 0 fully saturated rings. The number of unbranched alkanes of at least 4 members (excludes halogenated alkanes) is 16. The number of nitrogens with zero attached hydrogens (tertiary/aromatic N) is 1. The number of esters is 1. The van der Waals surface area contributed by atoms with Crippen molar-refractivity contribution in [2.75, 3.05) is 34.3 Å². The van der Waals surface area contributed by atoms with E-state index in [4.69, 9.17) is 4.74 Å². The lowest BCUT2D eigenvalue weighted by Gasteiger charge is -2.16. The first-order valence-corrected chi connectivity index (χ1v) is 16.2. The molecule has 0 heterocycles. The van der Waals surface area contributed by atoms with Crippen LogP contribution in [0.25, 0.3) is 0 Å². The molecule has 7 heteroatoms. The predicted octanol–water partition coefficient (Wildman–Crippen LogP) is 6.92. The molecule has 0 aliphatic heterocycles. The third kappa shape index (κ3) is 26.4. The van der Waals surface area contributed by atoms with Crippen molar-refractivity contribution in [1.82, 2.24) is 15.5 Å². The summed E-state index contributed by atoms with van der Waals surface area (Å²) in [5, 5.41) is 5.84. The third-order valence-electron chi connectivity index (χ3n) is 7.33. The van der Waals surface area contributed by atoms with Crippen LogP contribution in [0.2, 0.25) is 0 Å². The lowest BCUT2D eigenvalue weighted by molar-refractivity contribution is -0.145. The number of ether oxygens (including phenoxy) is 1. The van der Waals surface area contributed by atoms with Crippen LogP contribution in [0, 0.1) is 0 Å². The van der Waals surface area contributed by atoms with E-state index in [9.17, 15) is 14.4 Å². The van der Waals surface area contributed by atoms with E-state index in [1.54, 1.807) is 0 Å². The topological polar surface area (TPSA) is 87.7 Å². The Morgan fingerprint density at radius 2 is 1.13 bits per heavy atom. The standard InChI is InChI=1S/C32H63N3O4/c1-5-6-7-8-9-10-13-16-19-25-30(36)33-27-22-21-24-29(32(38)39-4)34-31(37)26-20-17-14-11-12-15-18-23-28-35(2)3/h29H,5-28H2,1-4H3,(H,33,36)(H,34,37)/t29-/m0/s1. The molecule has 0 aliphatic rings. The fourth-order valence-corrected chi connectivity index (χ4v) is 4.82. The Hall–Kier alpha value is -1.63. The molecule has 0 radical (unpaired) electrons. The number of methoxy groups -OCH3 is 1. The number of hydrogen-bond acceptors (Lipinski definition) is 5. The maximum absolute atomic E-state index is 12.4. The summed E-state index contributed by atoms with van der Waals surface area (Å²) in [5.41, 5.74) is 0. The molecular weight excluding hydrogens is 490 g/mol. The van der Waals surface area contributed by atoms with Crippen LogP contribution in [0.1, 0.15) is 148 Å². The smallest absolute Gasteiger partial charge is 0.328 e. The van der Waals surface area contributed by atoms with E-state index < -0.39 is 12.0 Å². The van der Waals surface area contributed by atoms with Gasteiger partial charge in [-0.15, -0.1) is 0 Å². The van der Waals surface area contributed by atoms with E-state index in [1.807, 2.05) is 0 Å². The summed E-state index contributed by atoms with van der Waals surface area (Å²) >= 11 is 0. The Morgan fingerprint density at radius 1 is 0.641 bits per heavy atom. The molecule has 7 nitrogen and oxygen atoms in total. The molecular formula is C32H63N3O4. The zero-order valence-electron chi connectivity index (χ0n) is 26.1. The second kappa shape index (κ2) is 27.9. The minimum atomic E-state index is -0.609. The molecule has 0 aromatic rings. The van der Waals surface area contributed by atoms with Gasteiger partial charge in [-0.2, -0.15) is 0 Å². The molecule has 0 bridgehead atoms. The molecule has 2 amide bonds. The second-order valence-corrected chi connectivity index (χ2v) is 11.4. The molecule has 0 spiro atoms. The normalized spacial score (nSPS) is 11.9. The predicted molar refractivity (Wildman–Crippen MR) is 163 cm³/mol. The lowest BCUT2D eigenvalue weighted by atomic mass is 10.1. The third-order valence-corrected chi connectivity index (χ3v) is 7.33. The van der Waals surface area contributed by atoms with E-state index in [1.165, 1.54) is 84.2 Å². The van der Waals surface area contributed by atoms with Gasteiger partial charge in [0.25, 0.3) is 0 Å². The summed E-state index contributed by atoms with van der Waals surface area (Å²) in [6.07, 6.45) is 23.7. The highest BCUT2D eigenvalue weighted by molar-refractivity contribution is 5.84. The molecule has 0 unspecified atom stereocenters. The summed E-state index contributed by atoms with van der Waals surface area (Å²) < 4.78 is 4.89. The van der Waals surface area contributed by atoms with Gasteiger partial charge in [0.2, 0.25) is 11.8 Å². The number of hydrogen-bond donors (Lipinski definition) is 2. The van der Waals surface area contributed by atoms with Gasteiger partial charge in [0.1, 0.15) is 6.04 Å². The molecule has 0 saturated carbocycles. The summed E-state index contributed by atoms with van der Waals surface area (Å²) in [6.45, 7) is 4.01. The highest BCUT2D eigenvalue weighted by Gasteiger charge is 2.20. The van der Waals surface area contributed by atoms with Gasteiger partial charge in [-0.1, -0.05) is 96.8 Å². The molecule has 0 aromatic heterocycles. The minimum absolute atomic E-state index is 0.0802. The van der Waals surface area contributed by atoms with Crippen molar-refractivity contribution in [2.45, 2.75) is 154 Å². The monoisotopic (exact) mass is 553 g/mol. The van der Waals surface area contributed by atoms with Crippen molar-refractivity contribution in [3.05, 3.63) is 0 Å². The van der Waals surface area contributed by atoms with E-state index in [0.29, 0.717) is 25.8 Å². The van der Waals surface area contributed by atoms with E-state index in [0.717, 1.165) is 51.5 Å². The van der Waals surface area contributed by atoms with E-state index in [2.05, 4.69) is 36.6 Å². The van der Waals surface area contributed by atoms with Crippen LogP contribution in [0.4, 0.5) is 0 Å². The Balaban J connectivity index is 3.80. The Kier molecular flexibility index (Phi) is 26.8. The van der Waals surface area contributed by atoms with Crippen LogP contribution in [-0.4, -0.2) is 63.0 Å². The minimum Gasteiger partial charge on any atom is -0.467 e. The highest BCUT2D eigenvalue weighted by atomic mass is 16.5. The van der Waals surface area contributed by atoms with Crippen LogP contribution < -0.4 is 10.6 Å². The van der Waals surface area contributed by atoms with Crippen molar-refractivity contribution in [2.24, 2.45) is 0 Å². The first-order chi connectivity index (χ1) is 18.9. The first-order valence-electron chi connectivity index (χ1n) is 16.2. The average molecular weight is 554 g/mol. The van der Waals surface area contributed by atoms with Crippen LogP contribution in [0.5, 0.6) is 0 Å². The quantitative estimate of drug-likeness (QED) is 0.0811. The van der Waals surface area contributed by atoms with Gasteiger partial charge >= 0.3 is 5.97 Å². The van der Waals surface area contributed by atoms with Crippen LogP contribution in [-0.2, 0) is 19.1 Å². The fraction of sp³-hybridized carbons (Fsp3) is 0.906. The summed E-state index contributed by atoms with van der Waals surface area (Å²) in [6, 6.07) is -0.609. The van der Waals surface area contributed by atoms with E-state index >= 15 is 0 Å². The maximum atomic E-state index is 12.4. The zero-order chi connectivity index (χ0) is 29.0. The largest absolute Gasteiger partial charge is 0.467 e. The molecule has 230 valence electrons. The van der Waals surface area contributed by atoms with Crippen molar-refractivity contribution < 1.29 is 19.1 Å². The van der Waals surface area contributed by atoms with Gasteiger partial charge < -0.3 is 20.3 Å². The number of carbonyl (C=O) groups is 3. The number of nitrogens with one attached hydrogen (secondary N) is 2. The highest BCUT2D eigenvalue weighted by Crippen LogP contribution is 2.12. The summed E-state index contributed by atoms with van der Waals surface area (Å²) in [5.74, 6) is -0.365. The molecule has 39 heavy (non-hydrogen) atoms. The Morgan fingerprint density at radius 3 is 1.64 bits per heavy atom. The van der Waals surface area contributed by atoms with Gasteiger partial charge in [-0.3, -0.25) is 9.59 Å². The van der Waals surface area contributed by atoms with Crippen LogP contribution >= 0.6 is 0 Å². The summed E-state index contributed by atoms with van der Waals surface area (Å²) in [4.78, 5) is 38.8. The van der Waals surface area contributed by atoms with Gasteiger partial charge in [0.05, 0.1) is 7.11 Å². The molecule has 0 saturated heterocycles. The molecule has 1 atom stereocenters. The maximum Gasteiger partial charge on any atom is 0.328 e. The van der Waals surface area contributed by atoms with Crippen LogP contribution in [0.15, 0.2) is 0 Å². The number of amides is 2. The first kappa shape index (κ1) is 37.4. The van der Waals surface area contributed by atoms with Gasteiger partial charge in [0.15, 0.2) is 0 Å². The van der Waals surface area contributed by atoms with Crippen molar-refractivity contribution in [3.8, 4) is 0 Å². The molecule has 2 N–H and O–H groups in total. The second-order valence-electron chi connectivity index (χ2n) is 11.4. The van der Waals surface area contributed by atoms with Gasteiger partial charge in [-0.25, -0.2) is 4.79 Å². The molecule has 0 rings (SSSR count). The van der Waals surface area contributed by atoms with Crippen LogP contribution in [0.3, 0.4) is 0 Å². The molecule has 0 aliphatic carbocycles. The Labute approximate surface area is 241 Å². The van der Waals surface area contributed by atoms with E-state index in [-0.39, 0.29) is 11.8 Å². The summed E-state index contributed by atoms with van der Waals surface area (Å²) in [7, 11) is 5.59. The Bertz CT molecular complexity index is 598. The zero-order valence-corrected chi connectivity index (χ0v) is 26.1.